The van der Waals surface area contributed by atoms with Crippen LogP contribution in [0.4, 0.5) is 5.82 Å². The molecule has 0 aliphatic heterocycles. The van der Waals surface area contributed by atoms with Gasteiger partial charge >= 0.3 is 0 Å². The van der Waals surface area contributed by atoms with Crippen molar-refractivity contribution in [3.8, 4) is 5.88 Å². The molecular weight excluding hydrogens is 202 g/mol. The first-order chi connectivity index (χ1) is 7.51. The first kappa shape index (κ1) is 12.8. The van der Waals surface area contributed by atoms with E-state index in [0.29, 0.717) is 18.3 Å². The van der Waals surface area contributed by atoms with E-state index < -0.39 is 0 Å². The molecule has 0 spiro atoms. The maximum absolute atomic E-state index is 5.80. The van der Waals surface area contributed by atoms with Gasteiger partial charge in [-0.3, -0.25) is 0 Å². The van der Waals surface area contributed by atoms with Gasteiger partial charge in [-0.05, 0) is 18.9 Å². The molecule has 4 heteroatoms. The maximum Gasteiger partial charge on any atom is 0.214 e. The largest absolute Gasteiger partial charge is 0.481 e. The molecule has 1 aromatic heterocycles. The van der Waals surface area contributed by atoms with Crippen LogP contribution in [0.5, 0.6) is 5.88 Å². The third-order valence-corrected chi connectivity index (χ3v) is 3.04. The molecule has 4 nitrogen and oxygen atoms in total. The maximum atomic E-state index is 5.80. The molecule has 1 atom stereocenters. The highest BCUT2D eigenvalue weighted by Crippen LogP contribution is 2.21. The van der Waals surface area contributed by atoms with Crippen molar-refractivity contribution in [2.45, 2.75) is 26.3 Å². The van der Waals surface area contributed by atoms with Gasteiger partial charge in [-0.1, -0.05) is 19.9 Å². The van der Waals surface area contributed by atoms with E-state index in [1.165, 1.54) is 0 Å². The summed E-state index contributed by atoms with van der Waals surface area (Å²) in [6, 6.07) is 5.64. The fourth-order valence-corrected chi connectivity index (χ4v) is 1.32. The Hall–Kier alpha value is -1.29. The van der Waals surface area contributed by atoms with Gasteiger partial charge in [0.05, 0.1) is 12.6 Å². The van der Waals surface area contributed by atoms with Gasteiger partial charge in [-0.25, -0.2) is 0 Å². The summed E-state index contributed by atoms with van der Waals surface area (Å²) in [5.41, 5.74) is 5.65. The molecule has 1 heterocycles. The Bertz CT molecular complexity index is 341. The van der Waals surface area contributed by atoms with Crippen LogP contribution in [0.3, 0.4) is 0 Å². The quantitative estimate of drug-likeness (QED) is 0.800. The van der Waals surface area contributed by atoms with Crippen LogP contribution in [-0.4, -0.2) is 24.2 Å². The number of nitrogens with one attached hydrogen (secondary N) is 1. The fraction of sp³-hybridized carbons (Fsp3) is 0.583. The molecule has 0 saturated heterocycles. The van der Waals surface area contributed by atoms with Crippen LogP contribution in [0.25, 0.3) is 0 Å². The van der Waals surface area contributed by atoms with Gasteiger partial charge in [0.1, 0.15) is 5.82 Å². The van der Waals surface area contributed by atoms with Crippen LogP contribution in [-0.2, 0) is 0 Å². The Balaban J connectivity index is 2.85. The van der Waals surface area contributed by atoms with E-state index >= 15 is 0 Å². The summed E-state index contributed by atoms with van der Waals surface area (Å²) in [7, 11) is 1.61. The van der Waals surface area contributed by atoms with Crippen LogP contribution in [0.1, 0.15) is 20.8 Å². The average Bonchev–Trinajstić information content (AvgIpc) is 2.29. The Kier molecular flexibility index (Phi) is 4.12. The molecule has 0 bridgehead atoms. The number of nitrogens with zero attached hydrogens (tertiary/aromatic N) is 1. The van der Waals surface area contributed by atoms with Crippen molar-refractivity contribution in [2.24, 2.45) is 11.7 Å². The topological polar surface area (TPSA) is 60.2 Å². The van der Waals surface area contributed by atoms with Gasteiger partial charge in [0.2, 0.25) is 5.88 Å². The second kappa shape index (κ2) is 5.16. The predicted octanol–water partition coefficient (Wildman–Crippen LogP) is 1.88. The van der Waals surface area contributed by atoms with Gasteiger partial charge in [0.25, 0.3) is 0 Å². The number of rotatable bonds is 5. The second-order valence-electron chi connectivity index (χ2n) is 4.47. The van der Waals surface area contributed by atoms with Crippen molar-refractivity contribution in [1.82, 2.24) is 4.98 Å². The molecule has 1 unspecified atom stereocenters. The molecule has 1 rings (SSSR count). The molecular formula is C12H21N3O. The molecule has 0 saturated carbocycles. The summed E-state index contributed by atoms with van der Waals surface area (Å²) >= 11 is 0. The van der Waals surface area contributed by atoms with E-state index in [4.69, 9.17) is 10.5 Å². The van der Waals surface area contributed by atoms with Gasteiger partial charge in [0.15, 0.2) is 0 Å². The summed E-state index contributed by atoms with van der Waals surface area (Å²) in [4.78, 5) is 4.32. The van der Waals surface area contributed by atoms with Crippen LogP contribution < -0.4 is 15.8 Å². The molecule has 90 valence electrons. The van der Waals surface area contributed by atoms with Gasteiger partial charge in [0, 0.05) is 12.6 Å². The molecule has 0 amide bonds. The highest BCUT2D eigenvalue weighted by atomic mass is 16.5. The Morgan fingerprint density at radius 3 is 2.69 bits per heavy atom. The van der Waals surface area contributed by atoms with E-state index in [-0.39, 0.29) is 5.54 Å². The van der Waals surface area contributed by atoms with Gasteiger partial charge in [-0.15, -0.1) is 0 Å². The zero-order valence-electron chi connectivity index (χ0n) is 10.4. The summed E-state index contributed by atoms with van der Waals surface area (Å²) in [6.07, 6.45) is 0. The lowest BCUT2D eigenvalue weighted by molar-refractivity contribution is 0.377. The summed E-state index contributed by atoms with van der Waals surface area (Å²) < 4.78 is 5.08. The van der Waals surface area contributed by atoms with Crippen molar-refractivity contribution in [3.05, 3.63) is 18.2 Å². The molecule has 3 N–H and O–H groups in total. The zero-order valence-corrected chi connectivity index (χ0v) is 10.4. The monoisotopic (exact) mass is 223 g/mol. The van der Waals surface area contributed by atoms with Gasteiger partial charge in [-0.2, -0.15) is 4.98 Å². The smallest absolute Gasteiger partial charge is 0.214 e. The highest BCUT2D eigenvalue weighted by molar-refractivity contribution is 5.40. The molecule has 16 heavy (non-hydrogen) atoms. The van der Waals surface area contributed by atoms with Gasteiger partial charge < -0.3 is 15.8 Å². The van der Waals surface area contributed by atoms with Crippen LogP contribution in [0.15, 0.2) is 18.2 Å². The minimum Gasteiger partial charge on any atom is -0.481 e. The van der Waals surface area contributed by atoms with E-state index in [1.807, 2.05) is 18.2 Å². The number of ether oxygens (including phenoxy) is 1. The van der Waals surface area contributed by atoms with Crippen molar-refractivity contribution < 1.29 is 4.74 Å². The first-order valence-corrected chi connectivity index (χ1v) is 5.51. The Labute approximate surface area is 97.2 Å². The lowest BCUT2D eigenvalue weighted by Crippen LogP contribution is -2.47. The number of hydrogen-bond donors (Lipinski definition) is 2. The number of methoxy groups -OCH3 is 1. The SMILES string of the molecule is COc1cccc(NC(C)(CN)C(C)C)n1. The van der Waals surface area contributed by atoms with Crippen LogP contribution in [0.2, 0.25) is 0 Å². The lowest BCUT2D eigenvalue weighted by Gasteiger charge is -2.34. The summed E-state index contributed by atoms with van der Waals surface area (Å²) in [5.74, 6) is 1.82. The van der Waals surface area contributed by atoms with Crippen LogP contribution in [0, 0.1) is 5.92 Å². The van der Waals surface area contributed by atoms with E-state index in [1.54, 1.807) is 7.11 Å². The van der Waals surface area contributed by atoms with E-state index in [9.17, 15) is 0 Å². The minimum absolute atomic E-state index is 0.153. The van der Waals surface area contributed by atoms with E-state index in [0.717, 1.165) is 5.82 Å². The molecule has 1 aromatic rings. The molecule has 0 aromatic carbocycles. The van der Waals surface area contributed by atoms with Crippen molar-refractivity contribution in [2.75, 3.05) is 19.0 Å². The zero-order chi connectivity index (χ0) is 12.2. The van der Waals surface area contributed by atoms with Crippen LogP contribution >= 0.6 is 0 Å². The third kappa shape index (κ3) is 2.85. The van der Waals surface area contributed by atoms with Crippen molar-refractivity contribution in [1.29, 1.82) is 0 Å². The molecule has 0 aliphatic rings. The van der Waals surface area contributed by atoms with Crippen molar-refractivity contribution >= 4 is 5.82 Å². The lowest BCUT2D eigenvalue weighted by atomic mass is 9.88. The Morgan fingerprint density at radius 1 is 1.50 bits per heavy atom. The highest BCUT2D eigenvalue weighted by Gasteiger charge is 2.26. The molecule has 0 radical (unpaired) electrons. The van der Waals surface area contributed by atoms with Crippen molar-refractivity contribution in [3.63, 3.8) is 0 Å². The Morgan fingerprint density at radius 2 is 2.19 bits per heavy atom. The average molecular weight is 223 g/mol. The fourth-order valence-electron chi connectivity index (χ4n) is 1.32. The number of nitrogens with two attached hydrogens (primary N) is 1. The number of anilines is 1. The standard InChI is InChI=1S/C12H21N3O/c1-9(2)12(3,8-13)15-10-6-5-7-11(14-10)16-4/h5-7,9H,8,13H2,1-4H3,(H,14,15). The first-order valence-electron chi connectivity index (χ1n) is 5.51. The molecule has 0 aliphatic carbocycles. The third-order valence-electron chi connectivity index (χ3n) is 3.04. The summed E-state index contributed by atoms with van der Waals surface area (Å²) in [5, 5.41) is 3.36. The van der Waals surface area contributed by atoms with E-state index in [2.05, 4.69) is 31.1 Å². The normalized spacial score (nSPS) is 14.6. The minimum atomic E-state index is -0.153. The summed E-state index contributed by atoms with van der Waals surface area (Å²) in [6.45, 7) is 6.93. The number of hydrogen-bond acceptors (Lipinski definition) is 4. The second-order valence-corrected chi connectivity index (χ2v) is 4.47. The molecule has 0 fully saturated rings. The number of pyridine rings is 1. The predicted molar refractivity (Wildman–Crippen MR) is 66.7 cm³/mol. The number of aromatic nitrogens is 1.